The van der Waals surface area contributed by atoms with Crippen LogP contribution in [0.25, 0.3) is 11.0 Å². The van der Waals surface area contributed by atoms with Crippen LogP contribution in [-0.4, -0.2) is 66.3 Å². The molecule has 1 saturated heterocycles. The molecule has 0 bridgehead atoms. The Balaban J connectivity index is 0.000000454. The van der Waals surface area contributed by atoms with Crippen LogP contribution in [0, 0.1) is 0 Å². The second kappa shape index (κ2) is 11.5. The van der Waals surface area contributed by atoms with Gasteiger partial charge < -0.3 is 15.0 Å². The first-order valence-corrected chi connectivity index (χ1v) is 12.7. The fourth-order valence-electron chi connectivity index (χ4n) is 3.87. The van der Waals surface area contributed by atoms with Crippen molar-refractivity contribution < 1.29 is 31.5 Å². The van der Waals surface area contributed by atoms with Gasteiger partial charge in [-0.3, -0.25) is 4.57 Å². The smallest absolute Gasteiger partial charge is 0.475 e. The van der Waals surface area contributed by atoms with E-state index in [1.54, 1.807) is 12.1 Å². The number of rotatable bonds is 6. The van der Waals surface area contributed by atoms with Crippen molar-refractivity contribution in [2.75, 3.05) is 26.2 Å². The summed E-state index contributed by atoms with van der Waals surface area (Å²) in [7, 11) is -3.54. The van der Waals surface area contributed by atoms with E-state index in [0.29, 0.717) is 18.1 Å². The SMILES string of the molecule is O=C(O)C(F)(F)F.O=c1[nH]c2ccccc2n1C1CCN(CCNS(=O)(=O)c2ccc(Cl)cc2)CC1. The summed E-state index contributed by atoms with van der Waals surface area (Å²) in [5.41, 5.74) is 1.73. The summed E-state index contributed by atoms with van der Waals surface area (Å²) >= 11 is 5.81. The van der Waals surface area contributed by atoms with Crippen LogP contribution in [0.5, 0.6) is 0 Å². The summed E-state index contributed by atoms with van der Waals surface area (Å²) in [4.78, 5) is 26.6. The minimum atomic E-state index is -5.08. The van der Waals surface area contributed by atoms with Crippen LogP contribution < -0.4 is 10.4 Å². The number of sulfonamides is 1. The first-order valence-electron chi connectivity index (χ1n) is 10.9. The van der Waals surface area contributed by atoms with Gasteiger partial charge in [0.2, 0.25) is 10.0 Å². The Labute approximate surface area is 209 Å². The van der Waals surface area contributed by atoms with Gasteiger partial charge in [-0.05, 0) is 49.2 Å². The van der Waals surface area contributed by atoms with Gasteiger partial charge in [0, 0.05) is 37.2 Å². The van der Waals surface area contributed by atoms with Gasteiger partial charge in [-0.25, -0.2) is 22.7 Å². The van der Waals surface area contributed by atoms with Gasteiger partial charge in [-0.15, -0.1) is 0 Å². The predicted octanol–water partition coefficient (Wildman–Crippen LogP) is 3.23. The van der Waals surface area contributed by atoms with Crippen molar-refractivity contribution >= 4 is 38.6 Å². The number of halogens is 4. The maximum Gasteiger partial charge on any atom is 0.490 e. The first-order chi connectivity index (χ1) is 16.9. The third-order valence-corrected chi connectivity index (χ3v) is 7.36. The summed E-state index contributed by atoms with van der Waals surface area (Å²) < 4.78 is 60.9. The van der Waals surface area contributed by atoms with Crippen LogP contribution >= 0.6 is 11.6 Å². The molecule has 1 fully saturated rings. The Morgan fingerprint density at radius 1 is 1.11 bits per heavy atom. The van der Waals surface area contributed by atoms with Crippen molar-refractivity contribution in [2.24, 2.45) is 0 Å². The molecule has 2 heterocycles. The van der Waals surface area contributed by atoms with Crippen LogP contribution in [0.15, 0.2) is 58.2 Å². The van der Waals surface area contributed by atoms with E-state index in [0.717, 1.165) is 37.0 Å². The van der Waals surface area contributed by atoms with Crippen molar-refractivity contribution in [1.29, 1.82) is 0 Å². The number of aromatic amines is 1. The molecule has 196 valence electrons. The molecule has 1 aromatic heterocycles. The van der Waals surface area contributed by atoms with E-state index in [9.17, 15) is 26.4 Å². The van der Waals surface area contributed by atoms with E-state index in [-0.39, 0.29) is 16.6 Å². The average molecular weight is 549 g/mol. The minimum Gasteiger partial charge on any atom is -0.475 e. The monoisotopic (exact) mass is 548 g/mol. The number of aliphatic carboxylic acids is 1. The highest BCUT2D eigenvalue weighted by Crippen LogP contribution is 2.24. The molecule has 1 aliphatic heterocycles. The van der Waals surface area contributed by atoms with E-state index in [1.165, 1.54) is 12.1 Å². The number of likely N-dealkylation sites (tertiary alicyclic amines) is 1. The number of imidazole rings is 1. The fraction of sp³-hybridized carbons (Fsp3) is 0.364. The number of piperidine rings is 1. The van der Waals surface area contributed by atoms with Gasteiger partial charge in [0.05, 0.1) is 15.9 Å². The predicted molar refractivity (Wildman–Crippen MR) is 128 cm³/mol. The largest absolute Gasteiger partial charge is 0.490 e. The quantitative estimate of drug-likeness (QED) is 0.434. The molecule has 4 rings (SSSR count). The normalized spacial score (nSPS) is 15.4. The Kier molecular flexibility index (Phi) is 8.82. The molecule has 1 aliphatic rings. The van der Waals surface area contributed by atoms with E-state index in [2.05, 4.69) is 14.6 Å². The van der Waals surface area contributed by atoms with Gasteiger partial charge >= 0.3 is 17.8 Å². The van der Waals surface area contributed by atoms with Gasteiger partial charge in [0.25, 0.3) is 0 Å². The maximum absolute atomic E-state index is 12.4. The van der Waals surface area contributed by atoms with Crippen LogP contribution in [0.4, 0.5) is 13.2 Å². The van der Waals surface area contributed by atoms with Crippen molar-refractivity contribution in [2.45, 2.75) is 30.0 Å². The first kappa shape index (κ1) is 27.7. The molecule has 0 saturated carbocycles. The molecule has 0 amide bonds. The number of nitrogens with zero attached hydrogens (tertiary/aromatic N) is 2. The zero-order valence-electron chi connectivity index (χ0n) is 18.8. The molecule has 0 atom stereocenters. The van der Waals surface area contributed by atoms with Gasteiger partial charge in [-0.1, -0.05) is 23.7 Å². The highest BCUT2D eigenvalue weighted by Gasteiger charge is 2.38. The molecule has 2 aromatic carbocycles. The van der Waals surface area contributed by atoms with Crippen LogP contribution in [0.2, 0.25) is 5.02 Å². The minimum absolute atomic E-state index is 0.0691. The second-order valence-electron chi connectivity index (χ2n) is 8.04. The number of nitrogens with one attached hydrogen (secondary N) is 2. The number of carboxylic acids is 1. The molecule has 0 unspecified atom stereocenters. The second-order valence-corrected chi connectivity index (χ2v) is 10.2. The average Bonchev–Trinajstić information content (AvgIpc) is 3.15. The lowest BCUT2D eigenvalue weighted by Crippen LogP contribution is -2.41. The molecular weight excluding hydrogens is 525 g/mol. The summed E-state index contributed by atoms with van der Waals surface area (Å²) in [5.74, 6) is -2.76. The zero-order chi connectivity index (χ0) is 26.5. The lowest BCUT2D eigenvalue weighted by Gasteiger charge is -2.32. The standard InChI is InChI=1S/C20H23ClN4O3S.C2HF3O2/c21-15-5-7-17(8-6-15)29(27,28)22-11-14-24-12-9-16(10-13-24)25-19-4-2-1-3-18(19)23-20(25)26;3-2(4,5)1(6)7/h1-8,16,22H,9-14H2,(H,23,26);(H,6,7). The van der Waals surface area contributed by atoms with Crippen molar-refractivity contribution in [3.8, 4) is 0 Å². The molecule has 3 aromatic rings. The van der Waals surface area contributed by atoms with Crippen molar-refractivity contribution in [1.82, 2.24) is 19.2 Å². The van der Waals surface area contributed by atoms with E-state index < -0.39 is 22.2 Å². The number of H-pyrrole nitrogens is 1. The molecule has 3 N–H and O–H groups in total. The number of carbonyl (C=O) groups is 1. The topological polar surface area (TPSA) is 124 Å². The molecule has 36 heavy (non-hydrogen) atoms. The highest BCUT2D eigenvalue weighted by atomic mass is 35.5. The lowest BCUT2D eigenvalue weighted by atomic mass is 10.0. The van der Waals surface area contributed by atoms with Gasteiger partial charge in [-0.2, -0.15) is 13.2 Å². The number of fused-ring (bicyclic) bond motifs is 1. The summed E-state index contributed by atoms with van der Waals surface area (Å²) in [6.07, 6.45) is -3.38. The third kappa shape index (κ3) is 7.09. The Hall–Kier alpha value is -2.87. The number of hydrogen-bond donors (Lipinski definition) is 3. The van der Waals surface area contributed by atoms with Crippen LogP contribution in [-0.2, 0) is 14.8 Å². The van der Waals surface area contributed by atoms with Gasteiger partial charge in [0.1, 0.15) is 0 Å². The molecule has 9 nitrogen and oxygen atoms in total. The Morgan fingerprint density at radius 2 is 1.69 bits per heavy atom. The van der Waals surface area contributed by atoms with E-state index in [1.807, 2.05) is 28.8 Å². The summed E-state index contributed by atoms with van der Waals surface area (Å²) in [5, 5.41) is 7.63. The van der Waals surface area contributed by atoms with Crippen molar-refractivity contribution in [3.63, 3.8) is 0 Å². The summed E-state index contributed by atoms with van der Waals surface area (Å²) in [6.45, 7) is 2.60. The number of para-hydroxylation sites is 2. The molecule has 14 heteroatoms. The zero-order valence-corrected chi connectivity index (χ0v) is 20.4. The van der Waals surface area contributed by atoms with Gasteiger partial charge in [0.15, 0.2) is 0 Å². The molecule has 0 spiro atoms. The Morgan fingerprint density at radius 3 is 2.28 bits per heavy atom. The van der Waals surface area contributed by atoms with Crippen molar-refractivity contribution in [3.05, 3.63) is 64.0 Å². The highest BCUT2D eigenvalue weighted by molar-refractivity contribution is 7.89. The number of hydrogen-bond acceptors (Lipinski definition) is 5. The van der Waals surface area contributed by atoms with E-state index in [4.69, 9.17) is 21.5 Å². The molecular formula is C22H24ClF3N4O5S. The number of alkyl halides is 3. The third-order valence-electron chi connectivity index (χ3n) is 5.63. The number of carboxylic acid groups (broad SMARTS) is 1. The maximum atomic E-state index is 12.4. The fourth-order valence-corrected chi connectivity index (χ4v) is 5.02. The number of aromatic nitrogens is 2. The van der Waals surface area contributed by atoms with Crippen LogP contribution in [0.3, 0.4) is 0 Å². The molecule has 0 aliphatic carbocycles. The Bertz CT molecular complexity index is 1350. The number of benzene rings is 2. The van der Waals surface area contributed by atoms with Crippen LogP contribution in [0.1, 0.15) is 18.9 Å². The molecule has 0 radical (unpaired) electrons. The van der Waals surface area contributed by atoms with E-state index >= 15 is 0 Å². The summed E-state index contributed by atoms with van der Waals surface area (Å²) in [6, 6.07) is 14.0. The lowest BCUT2D eigenvalue weighted by molar-refractivity contribution is -0.192.